The summed E-state index contributed by atoms with van der Waals surface area (Å²) >= 11 is 5.00. The fourth-order valence-corrected chi connectivity index (χ4v) is 4.59. The molecule has 3 heterocycles. The Morgan fingerprint density at radius 2 is 2.23 bits per heavy atom. The van der Waals surface area contributed by atoms with Crippen LogP contribution in [0.3, 0.4) is 0 Å². The summed E-state index contributed by atoms with van der Waals surface area (Å²) in [6.07, 6.45) is 2.03. The van der Waals surface area contributed by atoms with Gasteiger partial charge in [0.05, 0.1) is 17.3 Å². The second-order valence-corrected chi connectivity index (χ2v) is 8.15. The van der Waals surface area contributed by atoms with Gasteiger partial charge < -0.3 is 15.8 Å². The summed E-state index contributed by atoms with van der Waals surface area (Å²) in [5.41, 5.74) is 6.77. The molecular weight excluding hydrogens is 416 g/mol. The number of carbonyl (C=O) groups is 1. The van der Waals surface area contributed by atoms with E-state index in [1.165, 1.54) is 11.3 Å². The molecule has 1 aliphatic heterocycles. The number of hydrogen-bond acceptors (Lipinski definition) is 6. The Kier molecular flexibility index (Phi) is 4.88. The summed E-state index contributed by atoms with van der Waals surface area (Å²) in [6.45, 7) is 1.44. The lowest BCUT2D eigenvalue weighted by Gasteiger charge is -2.23. The van der Waals surface area contributed by atoms with Crippen molar-refractivity contribution >= 4 is 49.1 Å². The number of primary amides is 1. The van der Waals surface area contributed by atoms with Gasteiger partial charge in [-0.1, -0.05) is 28.1 Å². The van der Waals surface area contributed by atoms with E-state index in [0.29, 0.717) is 12.4 Å². The Morgan fingerprint density at radius 1 is 1.35 bits per heavy atom. The van der Waals surface area contributed by atoms with E-state index in [0.717, 1.165) is 44.4 Å². The number of nitrogens with two attached hydrogens (primary N) is 1. The maximum absolute atomic E-state index is 11.8. The number of anilines is 1. The molecule has 0 spiro atoms. The molecular formula is C18H17BrN4O2S. The zero-order valence-corrected chi connectivity index (χ0v) is 16.3. The van der Waals surface area contributed by atoms with Crippen LogP contribution >= 0.6 is 27.3 Å². The standard InChI is InChI=1S/C18H17BrN4O2S/c19-11-4-1-3-10(7-11)14-8-13-16(26-14)15(17(20)24)22-23-18(13)21-12-5-2-6-25-9-12/h1,3-4,7-8,12H,2,5-6,9H2,(H2,20,24)(H,21,23). The van der Waals surface area contributed by atoms with E-state index in [1.807, 2.05) is 30.3 Å². The fourth-order valence-electron chi connectivity index (χ4n) is 3.04. The fraction of sp³-hybridized carbons (Fsp3) is 0.278. The van der Waals surface area contributed by atoms with Crippen LogP contribution in [0, 0.1) is 0 Å². The summed E-state index contributed by atoms with van der Waals surface area (Å²) in [5.74, 6) is 0.0932. The first kappa shape index (κ1) is 17.4. The summed E-state index contributed by atoms with van der Waals surface area (Å²) in [7, 11) is 0. The molecule has 6 nitrogen and oxygen atoms in total. The Hall–Kier alpha value is -2.03. The summed E-state index contributed by atoms with van der Waals surface area (Å²) < 4.78 is 7.28. The zero-order valence-electron chi connectivity index (χ0n) is 13.9. The lowest BCUT2D eigenvalue weighted by atomic mass is 10.1. The monoisotopic (exact) mass is 432 g/mol. The van der Waals surface area contributed by atoms with E-state index >= 15 is 0 Å². The number of nitrogens with one attached hydrogen (secondary N) is 1. The van der Waals surface area contributed by atoms with Crippen molar-refractivity contribution in [3.05, 3.63) is 40.5 Å². The van der Waals surface area contributed by atoms with Crippen LogP contribution in [-0.2, 0) is 4.74 Å². The molecule has 8 heteroatoms. The Balaban J connectivity index is 1.80. The van der Waals surface area contributed by atoms with Gasteiger partial charge in [-0.3, -0.25) is 4.79 Å². The molecule has 0 bridgehead atoms. The third-order valence-corrected chi connectivity index (χ3v) is 5.98. The molecule has 3 aromatic rings. The smallest absolute Gasteiger partial charge is 0.270 e. The van der Waals surface area contributed by atoms with Crippen LogP contribution < -0.4 is 11.1 Å². The van der Waals surface area contributed by atoms with E-state index < -0.39 is 5.91 Å². The number of fused-ring (bicyclic) bond motifs is 1. The van der Waals surface area contributed by atoms with Crippen LogP contribution in [0.25, 0.3) is 20.5 Å². The molecule has 1 aromatic carbocycles. The SMILES string of the molecule is NC(=O)c1nnc(NC2CCCOC2)c2cc(-c3cccc(Br)c3)sc12. The highest BCUT2D eigenvalue weighted by atomic mass is 79.9. The molecule has 3 N–H and O–H groups in total. The Morgan fingerprint density at radius 3 is 2.96 bits per heavy atom. The average Bonchev–Trinajstić information content (AvgIpc) is 3.08. The van der Waals surface area contributed by atoms with Crippen LogP contribution in [0.2, 0.25) is 0 Å². The number of benzene rings is 1. The van der Waals surface area contributed by atoms with E-state index in [1.54, 1.807) is 0 Å². The topological polar surface area (TPSA) is 90.1 Å². The van der Waals surface area contributed by atoms with Gasteiger partial charge in [0.15, 0.2) is 11.5 Å². The van der Waals surface area contributed by atoms with E-state index in [4.69, 9.17) is 10.5 Å². The van der Waals surface area contributed by atoms with Gasteiger partial charge in [-0.15, -0.1) is 21.5 Å². The van der Waals surface area contributed by atoms with Gasteiger partial charge in [-0.25, -0.2) is 0 Å². The largest absolute Gasteiger partial charge is 0.379 e. The maximum atomic E-state index is 11.8. The summed E-state index contributed by atoms with van der Waals surface area (Å²) in [6, 6.07) is 10.3. The van der Waals surface area contributed by atoms with Crippen molar-refractivity contribution in [2.24, 2.45) is 5.73 Å². The summed E-state index contributed by atoms with van der Waals surface area (Å²) in [5, 5.41) is 12.6. The molecule has 1 atom stereocenters. The minimum Gasteiger partial charge on any atom is -0.379 e. The normalized spacial score (nSPS) is 17.3. The molecule has 2 aromatic heterocycles. The predicted molar refractivity (Wildman–Crippen MR) is 107 cm³/mol. The van der Waals surface area contributed by atoms with E-state index in [9.17, 15) is 4.79 Å². The molecule has 4 rings (SSSR count). The van der Waals surface area contributed by atoms with Gasteiger partial charge in [0.1, 0.15) is 0 Å². The molecule has 134 valence electrons. The van der Waals surface area contributed by atoms with Gasteiger partial charge in [0.2, 0.25) is 0 Å². The van der Waals surface area contributed by atoms with Crippen LogP contribution in [0.4, 0.5) is 5.82 Å². The molecule has 1 aliphatic rings. The average molecular weight is 433 g/mol. The van der Waals surface area contributed by atoms with Crippen LogP contribution in [0.5, 0.6) is 0 Å². The van der Waals surface area contributed by atoms with Gasteiger partial charge in [0, 0.05) is 21.3 Å². The second kappa shape index (κ2) is 7.30. The maximum Gasteiger partial charge on any atom is 0.270 e. The number of nitrogens with zero attached hydrogens (tertiary/aromatic N) is 2. The van der Waals surface area contributed by atoms with Crippen molar-refractivity contribution in [1.29, 1.82) is 0 Å². The second-order valence-electron chi connectivity index (χ2n) is 6.18. The van der Waals surface area contributed by atoms with Crippen molar-refractivity contribution in [3.63, 3.8) is 0 Å². The molecule has 0 saturated carbocycles. The lowest BCUT2D eigenvalue weighted by molar-refractivity contribution is 0.0875. The first-order valence-corrected chi connectivity index (χ1v) is 9.93. The van der Waals surface area contributed by atoms with Crippen molar-refractivity contribution < 1.29 is 9.53 Å². The van der Waals surface area contributed by atoms with Crippen molar-refractivity contribution in [3.8, 4) is 10.4 Å². The first-order chi connectivity index (χ1) is 12.6. The molecule has 0 radical (unpaired) electrons. The zero-order chi connectivity index (χ0) is 18.1. The number of rotatable bonds is 4. The number of hydrogen-bond donors (Lipinski definition) is 2. The van der Waals surface area contributed by atoms with Crippen molar-refractivity contribution in [2.45, 2.75) is 18.9 Å². The van der Waals surface area contributed by atoms with Crippen LogP contribution in [0.15, 0.2) is 34.8 Å². The minimum atomic E-state index is -0.572. The first-order valence-electron chi connectivity index (χ1n) is 8.32. The van der Waals surface area contributed by atoms with E-state index in [-0.39, 0.29) is 11.7 Å². The van der Waals surface area contributed by atoms with Gasteiger partial charge in [-0.05, 0) is 36.6 Å². The predicted octanol–water partition coefficient (Wildman–Crippen LogP) is 3.81. The highest BCUT2D eigenvalue weighted by Gasteiger charge is 2.20. The number of ether oxygens (including phenoxy) is 1. The highest BCUT2D eigenvalue weighted by Crippen LogP contribution is 2.38. The van der Waals surface area contributed by atoms with E-state index in [2.05, 4.69) is 31.4 Å². The molecule has 26 heavy (non-hydrogen) atoms. The Labute approximate surface area is 162 Å². The molecule has 1 fully saturated rings. The van der Waals surface area contributed by atoms with Crippen LogP contribution in [-0.4, -0.2) is 35.4 Å². The number of carbonyl (C=O) groups excluding carboxylic acids is 1. The van der Waals surface area contributed by atoms with Crippen molar-refractivity contribution in [1.82, 2.24) is 10.2 Å². The minimum absolute atomic E-state index is 0.190. The number of aromatic nitrogens is 2. The molecule has 1 amide bonds. The Bertz CT molecular complexity index is 969. The van der Waals surface area contributed by atoms with Gasteiger partial charge >= 0.3 is 0 Å². The number of thiophene rings is 1. The van der Waals surface area contributed by atoms with Crippen LogP contribution in [0.1, 0.15) is 23.3 Å². The third-order valence-electron chi connectivity index (χ3n) is 4.30. The number of amides is 1. The summed E-state index contributed by atoms with van der Waals surface area (Å²) in [4.78, 5) is 12.8. The molecule has 1 unspecified atom stereocenters. The van der Waals surface area contributed by atoms with Gasteiger partial charge in [-0.2, -0.15) is 0 Å². The number of halogens is 1. The molecule has 1 saturated heterocycles. The molecule has 0 aliphatic carbocycles. The van der Waals surface area contributed by atoms with Gasteiger partial charge in [0.25, 0.3) is 5.91 Å². The lowest BCUT2D eigenvalue weighted by Crippen LogP contribution is -2.30. The third kappa shape index (κ3) is 3.44. The highest BCUT2D eigenvalue weighted by molar-refractivity contribution is 9.10. The quantitative estimate of drug-likeness (QED) is 0.653. The van der Waals surface area contributed by atoms with Crippen molar-refractivity contribution in [2.75, 3.05) is 18.5 Å².